The van der Waals surface area contributed by atoms with Crippen LogP contribution in [0.3, 0.4) is 0 Å². The highest BCUT2D eigenvalue weighted by Crippen LogP contribution is 2.26. The lowest BCUT2D eigenvalue weighted by molar-refractivity contribution is -0.158. The number of hydrogen-bond acceptors (Lipinski definition) is 6. The largest absolute Gasteiger partial charge is 0.458 e. The molecule has 0 aliphatic carbocycles. The van der Waals surface area contributed by atoms with Crippen molar-refractivity contribution in [1.82, 2.24) is 0 Å². The zero-order valence-electron chi connectivity index (χ0n) is 16.5. The van der Waals surface area contributed by atoms with E-state index in [1.54, 1.807) is 0 Å². The molecule has 0 N–H and O–H groups in total. The summed E-state index contributed by atoms with van der Waals surface area (Å²) in [7, 11) is -3.92. The monoisotopic (exact) mass is 378 g/mol. The van der Waals surface area contributed by atoms with Crippen molar-refractivity contribution in [3.8, 4) is 0 Å². The minimum absolute atomic E-state index is 0.611. The summed E-state index contributed by atoms with van der Waals surface area (Å²) in [4.78, 5) is 24.1. The van der Waals surface area contributed by atoms with Crippen LogP contribution in [-0.2, 0) is 28.9 Å². The lowest BCUT2D eigenvalue weighted by Crippen LogP contribution is -2.38. The zero-order valence-corrected chi connectivity index (χ0v) is 17.3. The van der Waals surface area contributed by atoms with Crippen molar-refractivity contribution >= 4 is 21.8 Å². The molecule has 0 amide bonds. The van der Waals surface area contributed by atoms with E-state index in [-0.39, 0.29) is 0 Å². The van der Waals surface area contributed by atoms with Gasteiger partial charge >= 0.3 is 11.9 Å². The molecular weight excluding hydrogens is 344 g/mol. The van der Waals surface area contributed by atoms with Crippen LogP contribution in [0.25, 0.3) is 0 Å². The Labute approximate surface area is 152 Å². The van der Waals surface area contributed by atoms with Crippen molar-refractivity contribution in [3.63, 3.8) is 0 Å². The summed E-state index contributed by atoms with van der Waals surface area (Å²) in [6.07, 6.45) is 3.67. The van der Waals surface area contributed by atoms with Crippen LogP contribution in [0.4, 0.5) is 0 Å². The van der Waals surface area contributed by atoms with Crippen LogP contribution < -0.4 is 0 Å². The lowest BCUT2D eigenvalue weighted by Gasteiger charge is -2.31. The van der Waals surface area contributed by atoms with E-state index in [1.807, 2.05) is 41.5 Å². The standard InChI is InChI=1S/C18H34O6S/c1-7-17(8-2,9-3)23-15(19)13-25(21,22)14-16(20)24-18(10-4,11-5)12-6/h7-14H2,1-6H3. The number of sulfone groups is 1. The quantitative estimate of drug-likeness (QED) is 0.484. The summed E-state index contributed by atoms with van der Waals surface area (Å²) < 4.78 is 35.1. The highest BCUT2D eigenvalue weighted by Gasteiger charge is 2.33. The Hall–Kier alpha value is -1.11. The van der Waals surface area contributed by atoms with Crippen LogP contribution in [0.15, 0.2) is 0 Å². The van der Waals surface area contributed by atoms with Crippen LogP contribution >= 0.6 is 0 Å². The highest BCUT2D eigenvalue weighted by atomic mass is 32.2. The number of carbonyl (C=O) groups is 2. The van der Waals surface area contributed by atoms with Gasteiger partial charge in [0.25, 0.3) is 0 Å². The fraction of sp³-hybridized carbons (Fsp3) is 0.889. The van der Waals surface area contributed by atoms with E-state index in [0.29, 0.717) is 38.5 Å². The van der Waals surface area contributed by atoms with Gasteiger partial charge in [0.2, 0.25) is 0 Å². The molecule has 0 rings (SSSR count). The second-order valence-corrected chi connectivity index (χ2v) is 8.53. The normalized spacial score (nSPS) is 12.7. The lowest BCUT2D eigenvalue weighted by atomic mass is 9.94. The van der Waals surface area contributed by atoms with Crippen molar-refractivity contribution in [2.24, 2.45) is 0 Å². The van der Waals surface area contributed by atoms with E-state index in [1.165, 1.54) is 0 Å². The molecule has 0 saturated heterocycles. The molecule has 6 nitrogen and oxygen atoms in total. The van der Waals surface area contributed by atoms with Gasteiger partial charge in [-0.3, -0.25) is 9.59 Å². The fourth-order valence-electron chi connectivity index (χ4n) is 2.89. The van der Waals surface area contributed by atoms with Gasteiger partial charge in [-0.25, -0.2) is 8.42 Å². The van der Waals surface area contributed by atoms with Gasteiger partial charge in [0.15, 0.2) is 9.84 Å². The van der Waals surface area contributed by atoms with Gasteiger partial charge in [-0.05, 0) is 38.5 Å². The minimum Gasteiger partial charge on any atom is -0.458 e. The van der Waals surface area contributed by atoms with Crippen molar-refractivity contribution in [3.05, 3.63) is 0 Å². The molecule has 0 aliphatic rings. The summed E-state index contributed by atoms with van der Waals surface area (Å²) in [5, 5.41) is 0. The molecule has 148 valence electrons. The second kappa shape index (κ2) is 10.1. The van der Waals surface area contributed by atoms with Crippen LogP contribution in [0, 0.1) is 0 Å². The van der Waals surface area contributed by atoms with Gasteiger partial charge in [-0.2, -0.15) is 0 Å². The highest BCUT2D eigenvalue weighted by molar-refractivity contribution is 7.92. The Morgan fingerprint density at radius 3 is 1.08 bits per heavy atom. The van der Waals surface area contributed by atoms with E-state index in [0.717, 1.165) is 0 Å². The van der Waals surface area contributed by atoms with E-state index in [4.69, 9.17) is 9.47 Å². The number of rotatable bonds is 12. The van der Waals surface area contributed by atoms with E-state index < -0.39 is 44.5 Å². The van der Waals surface area contributed by atoms with Gasteiger partial charge in [0.1, 0.15) is 22.7 Å². The summed E-state index contributed by atoms with van der Waals surface area (Å²) in [5.41, 5.74) is -1.29. The molecule has 0 radical (unpaired) electrons. The molecule has 0 saturated carbocycles. The number of hydrogen-bond donors (Lipinski definition) is 0. The van der Waals surface area contributed by atoms with Crippen LogP contribution in [-0.4, -0.2) is 43.1 Å². The molecule has 25 heavy (non-hydrogen) atoms. The van der Waals surface area contributed by atoms with Gasteiger partial charge in [-0.15, -0.1) is 0 Å². The molecule has 0 fully saturated rings. The van der Waals surface area contributed by atoms with Crippen LogP contribution in [0.5, 0.6) is 0 Å². The van der Waals surface area contributed by atoms with Crippen molar-refractivity contribution in [2.45, 2.75) is 91.3 Å². The molecule has 0 aromatic heterocycles. The first-order valence-electron chi connectivity index (χ1n) is 9.21. The molecule has 0 heterocycles. The molecule has 0 aromatic carbocycles. The second-order valence-electron chi connectivity index (χ2n) is 6.47. The first kappa shape index (κ1) is 23.9. The van der Waals surface area contributed by atoms with Gasteiger partial charge in [0, 0.05) is 0 Å². The molecule has 0 unspecified atom stereocenters. The number of esters is 2. The average molecular weight is 379 g/mol. The predicted molar refractivity (Wildman–Crippen MR) is 98.0 cm³/mol. The first-order chi connectivity index (χ1) is 11.6. The van der Waals surface area contributed by atoms with Gasteiger partial charge in [-0.1, -0.05) is 41.5 Å². The van der Waals surface area contributed by atoms with E-state index >= 15 is 0 Å². The molecule has 0 spiro atoms. The van der Waals surface area contributed by atoms with Crippen LogP contribution in [0.2, 0.25) is 0 Å². The average Bonchev–Trinajstić information content (AvgIpc) is 2.56. The summed E-state index contributed by atoms with van der Waals surface area (Å²) >= 11 is 0. The predicted octanol–water partition coefficient (Wildman–Crippen LogP) is 3.43. The third-order valence-corrected chi connectivity index (χ3v) is 6.55. The maximum absolute atomic E-state index is 12.2. The number of ether oxygens (including phenoxy) is 2. The Morgan fingerprint density at radius 2 is 0.880 bits per heavy atom. The van der Waals surface area contributed by atoms with Crippen molar-refractivity contribution in [2.75, 3.05) is 11.5 Å². The number of carbonyl (C=O) groups excluding carboxylic acids is 2. The molecule has 0 atom stereocenters. The Kier molecular flexibility index (Phi) is 9.69. The maximum Gasteiger partial charge on any atom is 0.321 e. The Bertz CT molecular complexity index is 471. The van der Waals surface area contributed by atoms with E-state index in [2.05, 4.69) is 0 Å². The third kappa shape index (κ3) is 7.34. The third-order valence-electron chi connectivity index (χ3n) is 5.20. The van der Waals surface area contributed by atoms with Crippen molar-refractivity contribution in [1.29, 1.82) is 0 Å². The van der Waals surface area contributed by atoms with Crippen molar-refractivity contribution < 1.29 is 27.5 Å². The molecular formula is C18H34O6S. The summed E-state index contributed by atoms with van der Waals surface area (Å²) in [6.45, 7) is 11.4. The Balaban J connectivity index is 4.89. The molecule has 0 bridgehead atoms. The zero-order chi connectivity index (χ0) is 19.7. The molecule has 7 heteroatoms. The fourth-order valence-corrected chi connectivity index (χ4v) is 3.82. The topological polar surface area (TPSA) is 86.7 Å². The first-order valence-corrected chi connectivity index (χ1v) is 11.0. The summed E-state index contributed by atoms with van der Waals surface area (Å²) in [6, 6.07) is 0. The molecule has 0 aromatic rings. The van der Waals surface area contributed by atoms with E-state index in [9.17, 15) is 18.0 Å². The maximum atomic E-state index is 12.2. The van der Waals surface area contributed by atoms with Gasteiger partial charge in [0.05, 0.1) is 0 Å². The minimum atomic E-state index is -3.92. The van der Waals surface area contributed by atoms with Crippen LogP contribution in [0.1, 0.15) is 80.1 Å². The Morgan fingerprint density at radius 1 is 0.640 bits per heavy atom. The summed E-state index contributed by atoms with van der Waals surface area (Å²) in [5.74, 6) is -3.24. The molecule has 0 aliphatic heterocycles. The van der Waals surface area contributed by atoms with Gasteiger partial charge < -0.3 is 9.47 Å². The SMILES string of the molecule is CCC(CC)(CC)OC(=O)CS(=O)(=O)CC(=O)OC(CC)(CC)CC. The smallest absolute Gasteiger partial charge is 0.321 e.